The van der Waals surface area contributed by atoms with Crippen LogP contribution >= 0.6 is 0 Å². The van der Waals surface area contributed by atoms with Crippen LogP contribution in [0.3, 0.4) is 0 Å². The van der Waals surface area contributed by atoms with Gasteiger partial charge in [0.2, 0.25) is 0 Å². The molecule has 120 valence electrons. The summed E-state index contributed by atoms with van der Waals surface area (Å²) in [6, 6.07) is 8.31. The van der Waals surface area contributed by atoms with Crippen molar-refractivity contribution in [3.05, 3.63) is 36.5 Å². The lowest BCUT2D eigenvalue weighted by atomic mass is 10.2. The third-order valence-electron chi connectivity index (χ3n) is 3.41. The van der Waals surface area contributed by atoms with Gasteiger partial charge in [0.15, 0.2) is 5.82 Å². The van der Waals surface area contributed by atoms with Gasteiger partial charge in [0.05, 0.1) is 19.9 Å². The van der Waals surface area contributed by atoms with Crippen molar-refractivity contribution in [1.82, 2.24) is 4.98 Å². The number of aromatic nitrogens is 1. The van der Waals surface area contributed by atoms with E-state index >= 15 is 0 Å². The number of hydrogen-bond donors (Lipinski definition) is 0. The maximum atomic E-state index is 12.2. The number of pyridine rings is 1. The molecule has 0 spiro atoms. The van der Waals surface area contributed by atoms with E-state index in [-0.39, 0.29) is 4.90 Å². The summed E-state index contributed by atoms with van der Waals surface area (Å²) in [4.78, 5) is 5.93. The first-order valence-electron chi connectivity index (χ1n) is 6.76. The highest BCUT2D eigenvalue weighted by Crippen LogP contribution is 2.37. The molecule has 0 saturated heterocycles. The van der Waals surface area contributed by atoms with Crippen LogP contribution in [-0.4, -0.2) is 33.5 Å². The second-order valence-electron chi connectivity index (χ2n) is 4.84. The molecule has 0 N–H and O–H groups in total. The van der Waals surface area contributed by atoms with E-state index in [0.29, 0.717) is 28.8 Å². The van der Waals surface area contributed by atoms with Gasteiger partial charge < -0.3 is 9.47 Å². The Morgan fingerprint density at radius 1 is 1.09 bits per heavy atom. The number of sulfonamides is 1. The van der Waals surface area contributed by atoms with Crippen molar-refractivity contribution < 1.29 is 17.9 Å². The highest BCUT2D eigenvalue weighted by atomic mass is 32.2. The topological polar surface area (TPSA) is 81.1 Å². The van der Waals surface area contributed by atoms with E-state index in [1.54, 1.807) is 50.3 Å². The summed E-state index contributed by atoms with van der Waals surface area (Å²) in [6.07, 6.45) is 1.54. The predicted molar refractivity (Wildman–Crippen MR) is 86.2 cm³/mol. The zero-order valence-electron chi connectivity index (χ0n) is 12.8. The van der Waals surface area contributed by atoms with Crippen molar-refractivity contribution in [3.8, 4) is 11.5 Å². The summed E-state index contributed by atoms with van der Waals surface area (Å²) in [7, 11) is -0.646. The SMILES string of the molecule is COc1cc(OC)cc(N2C(C)=NS(=O)(=O)c3cccnc32)c1. The first kappa shape index (κ1) is 15.3. The molecule has 23 heavy (non-hydrogen) atoms. The molecule has 0 atom stereocenters. The van der Waals surface area contributed by atoms with E-state index in [4.69, 9.17) is 9.47 Å². The molecule has 3 rings (SSSR count). The summed E-state index contributed by atoms with van der Waals surface area (Å²) >= 11 is 0. The Hall–Kier alpha value is -2.61. The minimum atomic E-state index is -3.74. The molecule has 0 radical (unpaired) electrons. The van der Waals surface area contributed by atoms with Gasteiger partial charge in [0, 0.05) is 24.4 Å². The van der Waals surface area contributed by atoms with E-state index in [1.165, 1.54) is 12.3 Å². The van der Waals surface area contributed by atoms with Gasteiger partial charge in [-0.3, -0.25) is 4.90 Å². The lowest BCUT2D eigenvalue weighted by Crippen LogP contribution is -2.30. The average Bonchev–Trinajstić information content (AvgIpc) is 2.54. The van der Waals surface area contributed by atoms with E-state index in [9.17, 15) is 8.42 Å². The van der Waals surface area contributed by atoms with Gasteiger partial charge in [-0.2, -0.15) is 8.42 Å². The van der Waals surface area contributed by atoms with Gasteiger partial charge in [0.1, 0.15) is 22.2 Å². The molecule has 0 saturated carbocycles. The molecule has 8 heteroatoms. The van der Waals surface area contributed by atoms with Crippen molar-refractivity contribution >= 4 is 27.4 Å². The normalized spacial score (nSPS) is 15.6. The maximum Gasteiger partial charge on any atom is 0.287 e. The minimum Gasteiger partial charge on any atom is -0.497 e. The number of amidine groups is 1. The molecule has 0 amide bonds. The molecule has 0 unspecified atom stereocenters. The van der Waals surface area contributed by atoms with Crippen LogP contribution in [-0.2, 0) is 10.0 Å². The number of benzene rings is 1. The van der Waals surface area contributed by atoms with Crippen molar-refractivity contribution in [3.63, 3.8) is 0 Å². The number of rotatable bonds is 3. The van der Waals surface area contributed by atoms with Crippen LogP contribution in [0.15, 0.2) is 45.8 Å². The predicted octanol–water partition coefficient (Wildman–Crippen LogP) is 2.36. The van der Waals surface area contributed by atoms with Gasteiger partial charge >= 0.3 is 0 Å². The number of nitrogens with zero attached hydrogens (tertiary/aromatic N) is 3. The zero-order valence-corrected chi connectivity index (χ0v) is 13.7. The molecule has 0 bridgehead atoms. The summed E-state index contributed by atoms with van der Waals surface area (Å²) < 4.78 is 38.8. The Kier molecular flexibility index (Phi) is 3.69. The second-order valence-corrected chi connectivity index (χ2v) is 6.42. The van der Waals surface area contributed by atoms with Crippen LogP contribution in [0.4, 0.5) is 11.5 Å². The molecular formula is C15H15N3O4S. The first-order chi connectivity index (χ1) is 11.0. The summed E-state index contributed by atoms with van der Waals surface area (Å²) in [5.74, 6) is 1.76. The molecule has 2 aromatic rings. The van der Waals surface area contributed by atoms with Crippen LogP contribution in [0.25, 0.3) is 0 Å². The fourth-order valence-electron chi connectivity index (χ4n) is 2.40. The summed E-state index contributed by atoms with van der Waals surface area (Å²) in [5.41, 5.74) is 0.650. The number of ether oxygens (including phenoxy) is 2. The van der Waals surface area contributed by atoms with E-state index < -0.39 is 10.0 Å². The van der Waals surface area contributed by atoms with Gasteiger partial charge in [-0.05, 0) is 19.1 Å². The third kappa shape index (κ3) is 2.61. The molecule has 1 aliphatic rings. The van der Waals surface area contributed by atoms with Crippen molar-refractivity contribution in [1.29, 1.82) is 0 Å². The fraction of sp³-hybridized carbons (Fsp3) is 0.200. The molecule has 1 aliphatic heterocycles. The van der Waals surface area contributed by atoms with Crippen LogP contribution in [0.2, 0.25) is 0 Å². The Balaban J connectivity index is 2.24. The van der Waals surface area contributed by atoms with Crippen molar-refractivity contribution in [2.75, 3.05) is 19.1 Å². The van der Waals surface area contributed by atoms with Crippen LogP contribution < -0.4 is 14.4 Å². The molecule has 1 aromatic heterocycles. The number of fused-ring (bicyclic) bond motifs is 1. The summed E-state index contributed by atoms with van der Waals surface area (Å²) in [5, 5.41) is 0. The summed E-state index contributed by atoms with van der Waals surface area (Å²) in [6.45, 7) is 1.61. The first-order valence-corrected chi connectivity index (χ1v) is 8.20. The lowest BCUT2D eigenvalue weighted by Gasteiger charge is -2.28. The van der Waals surface area contributed by atoms with Gasteiger partial charge in [0.25, 0.3) is 10.0 Å². The Bertz CT molecular complexity index is 871. The smallest absolute Gasteiger partial charge is 0.287 e. The molecule has 2 heterocycles. The van der Waals surface area contributed by atoms with Crippen molar-refractivity contribution in [2.45, 2.75) is 11.8 Å². The van der Waals surface area contributed by atoms with Crippen LogP contribution in [0.5, 0.6) is 11.5 Å². The second kappa shape index (κ2) is 5.54. The molecule has 0 fully saturated rings. The Morgan fingerprint density at radius 3 is 2.35 bits per heavy atom. The molecule has 0 aliphatic carbocycles. The molecular weight excluding hydrogens is 318 g/mol. The average molecular weight is 333 g/mol. The Labute approximate surface area is 134 Å². The zero-order chi connectivity index (χ0) is 16.6. The number of anilines is 2. The van der Waals surface area contributed by atoms with Crippen LogP contribution in [0.1, 0.15) is 6.92 Å². The van der Waals surface area contributed by atoms with Gasteiger partial charge in [-0.25, -0.2) is 4.98 Å². The lowest BCUT2D eigenvalue weighted by molar-refractivity contribution is 0.394. The fourth-order valence-corrected chi connectivity index (χ4v) is 3.55. The highest BCUT2D eigenvalue weighted by molar-refractivity contribution is 7.90. The largest absolute Gasteiger partial charge is 0.497 e. The van der Waals surface area contributed by atoms with E-state index in [0.717, 1.165) is 0 Å². The number of hydrogen-bond acceptors (Lipinski definition) is 6. The van der Waals surface area contributed by atoms with Crippen molar-refractivity contribution in [2.24, 2.45) is 4.40 Å². The van der Waals surface area contributed by atoms with Gasteiger partial charge in [-0.1, -0.05) is 0 Å². The van der Waals surface area contributed by atoms with Crippen LogP contribution in [0, 0.1) is 0 Å². The molecule has 1 aromatic carbocycles. The standard InChI is InChI=1S/C15H15N3O4S/c1-10-17-23(19,20)14-5-4-6-16-15(14)18(10)11-7-12(21-2)9-13(8-11)22-3/h4-9H,1-3H3. The van der Waals surface area contributed by atoms with E-state index in [2.05, 4.69) is 9.38 Å². The van der Waals surface area contributed by atoms with Gasteiger partial charge in [-0.15, -0.1) is 4.40 Å². The third-order valence-corrected chi connectivity index (χ3v) is 4.79. The number of methoxy groups -OCH3 is 2. The Morgan fingerprint density at radius 2 is 1.74 bits per heavy atom. The molecule has 7 nitrogen and oxygen atoms in total. The highest BCUT2D eigenvalue weighted by Gasteiger charge is 2.31. The van der Waals surface area contributed by atoms with E-state index in [1.807, 2.05) is 0 Å². The maximum absolute atomic E-state index is 12.2. The monoisotopic (exact) mass is 333 g/mol. The quantitative estimate of drug-likeness (QED) is 0.858. The minimum absolute atomic E-state index is 0.0624.